The Labute approximate surface area is 123 Å². The van der Waals surface area contributed by atoms with E-state index in [1.165, 1.54) is 5.56 Å². The first-order chi connectivity index (χ1) is 9.01. The molecule has 0 heterocycles. The van der Waals surface area contributed by atoms with Crippen molar-refractivity contribution in [3.63, 3.8) is 0 Å². The molecule has 1 aromatic carbocycles. The number of aromatic hydroxyl groups is 1. The summed E-state index contributed by atoms with van der Waals surface area (Å²) in [5, 5.41) is 10.1. The van der Waals surface area contributed by atoms with E-state index >= 15 is 0 Å². The van der Waals surface area contributed by atoms with Gasteiger partial charge >= 0.3 is 0 Å². The third-order valence-electron chi connectivity index (χ3n) is 4.27. The molecule has 0 amide bonds. The highest BCUT2D eigenvalue weighted by molar-refractivity contribution is 5.40. The van der Waals surface area contributed by atoms with E-state index in [0.717, 1.165) is 31.2 Å². The molecule has 1 aliphatic carbocycles. The van der Waals surface area contributed by atoms with Crippen LogP contribution >= 0.6 is 0 Å². The van der Waals surface area contributed by atoms with Crippen LogP contribution in [0.25, 0.3) is 0 Å². The van der Waals surface area contributed by atoms with Crippen LogP contribution in [-0.2, 0) is 11.8 Å². The van der Waals surface area contributed by atoms with Gasteiger partial charge in [-0.1, -0.05) is 46.8 Å². The fourth-order valence-corrected chi connectivity index (χ4v) is 3.29. The summed E-state index contributed by atoms with van der Waals surface area (Å²) < 4.78 is 0. The lowest BCUT2D eigenvalue weighted by Crippen LogP contribution is -2.26. The van der Waals surface area contributed by atoms with E-state index < -0.39 is 0 Å². The lowest BCUT2D eigenvalue weighted by Gasteiger charge is -2.33. The zero-order chi connectivity index (χ0) is 15.2. The SMILES string of the molecule is CC(C)(C)CC(C)(C)c1ccc(O)c(CC2(N)CC2)c1. The van der Waals surface area contributed by atoms with Gasteiger partial charge in [0, 0.05) is 5.54 Å². The standard InChI is InChI=1S/C18H29NO/c1-16(2,3)12-17(4,5)14-6-7-15(20)13(10-14)11-18(19)8-9-18/h6-7,10,20H,8-9,11-12,19H2,1-5H3. The van der Waals surface area contributed by atoms with Crippen LogP contribution in [0, 0.1) is 5.41 Å². The predicted octanol–water partition coefficient (Wildman–Crippen LogP) is 4.14. The Kier molecular flexibility index (Phi) is 3.66. The Bertz CT molecular complexity index is 493. The lowest BCUT2D eigenvalue weighted by molar-refractivity contribution is 0.284. The fraction of sp³-hybridized carbons (Fsp3) is 0.667. The molecule has 0 bridgehead atoms. The number of hydrogen-bond donors (Lipinski definition) is 2. The first kappa shape index (κ1) is 15.4. The van der Waals surface area contributed by atoms with Gasteiger partial charge in [-0.2, -0.15) is 0 Å². The molecular weight excluding hydrogens is 246 g/mol. The lowest BCUT2D eigenvalue weighted by atomic mass is 9.72. The van der Waals surface area contributed by atoms with Crippen LogP contribution in [-0.4, -0.2) is 10.6 Å². The first-order valence-corrected chi connectivity index (χ1v) is 7.62. The van der Waals surface area contributed by atoms with Crippen molar-refractivity contribution in [1.82, 2.24) is 0 Å². The monoisotopic (exact) mass is 275 g/mol. The molecule has 0 radical (unpaired) electrons. The van der Waals surface area contributed by atoms with Gasteiger partial charge in [0.2, 0.25) is 0 Å². The van der Waals surface area contributed by atoms with E-state index in [2.05, 4.69) is 46.8 Å². The minimum Gasteiger partial charge on any atom is -0.508 e. The second kappa shape index (κ2) is 4.77. The van der Waals surface area contributed by atoms with Gasteiger partial charge in [0.05, 0.1) is 0 Å². The van der Waals surface area contributed by atoms with Crippen LogP contribution in [0.1, 0.15) is 65.0 Å². The van der Waals surface area contributed by atoms with E-state index in [1.54, 1.807) is 0 Å². The zero-order valence-electron chi connectivity index (χ0n) is 13.6. The van der Waals surface area contributed by atoms with Crippen molar-refractivity contribution in [2.75, 3.05) is 0 Å². The molecule has 112 valence electrons. The summed E-state index contributed by atoms with van der Waals surface area (Å²) in [4.78, 5) is 0. The Morgan fingerprint density at radius 3 is 2.25 bits per heavy atom. The quantitative estimate of drug-likeness (QED) is 0.867. The van der Waals surface area contributed by atoms with Gasteiger partial charge in [0.1, 0.15) is 5.75 Å². The molecule has 2 nitrogen and oxygen atoms in total. The summed E-state index contributed by atoms with van der Waals surface area (Å²) >= 11 is 0. The zero-order valence-corrected chi connectivity index (χ0v) is 13.6. The average molecular weight is 275 g/mol. The maximum atomic E-state index is 10.1. The molecule has 0 atom stereocenters. The summed E-state index contributed by atoms with van der Waals surface area (Å²) in [5.74, 6) is 0.386. The molecule has 0 unspecified atom stereocenters. The number of rotatable bonds is 4. The van der Waals surface area contributed by atoms with Crippen molar-refractivity contribution in [2.24, 2.45) is 11.1 Å². The molecule has 20 heavy (non-hydrogen) atoms. The number of nitrogens with two attached hydrogens (primary N) is 1. The van der Waals surface area contributed by atoms with Crippen molar-refractivity contribution in [3.8, 4) is 5.75 Å². The molecule has 2 rings (SSSR count). The largest absolute Gasteiger partial charge is 0.508 e. The van der Waals surface area contributed by atoms with Crippen LogP contribution in [0.5, 0.6) is 5.75 Å². The fourth-order valence-electron chi connectivity index (χ4n) is 3.29. The second-order valence-corrected chi connectivity index (χ2v) is 8.50. The molecule has 0 spiro atoms. The molecule has 0 aromatic heterocycles. The number of hydrogen-bond acceptors (Lipinski definition) is 2. The number of phenols is 1. The molecule has 1 aromatic rings. The van der Waals surface area contributed by atoms with Crippen molar-refractivity contribution in [2.45, 2.75) is 71.3 Å². The summed E-state index contributed by atoms with van der Waals surface area (Å²) in [6.45, 7) is 11.4. The molecule has 3 N–H and O–H groups in total. The topological polar surface area (TPSA) is 46.2 Å². The second-order valence-electron chi connectivity index (χ2n) is 8.50. The molecular formula is C18H29NO. The minimum absolute atomic E-state index is 0.0652. The minimum atomic E-state index is -0.0652. The maximum absolute atomic E-state index is 10.1. The molecule has 1 fully saturated rings. The summed E-state index contributed by atoms with van der Waals surface area (Å²) in [5.41, 5.74) is 8.82. The van der Waals surface area contributed by atoms with Crippen LogP contribution in [0.3, 0.4) is 0 Å². The van der Waals surface area contributed by atoms with Gasteiger partial charge in [-0.3, -0.25) is 0 Å². The summed E-state index contributed by atoms with van der Waals surface area (Å²) in [6.07, 6.45) is 4.04. The van der Waals surface area contributed by atoms with Crippen molar-refractivity contribution in [3.05, 3.63) is 29.3 Å². The van der Waals surface area contributed by atoms with Crippen LogP contribution in [0.2, 0.25) is 0 Å². The molecule has 0 aliphatic heterocycles. The van der Waals surface area contributed by atoms with Gasteiger partial charge in [0.15, 0.2) is 0 Å². The highest BCUT2D eigenvalue weighted by Crippen LogP contribution is 2.41. The van der Waals surface area contributed by atoms with Gasteiger partial charge in [-0.25, -0.2) is 0 Å². The van der Waals surface area contributed by atoms with Gasteiger partial charge in [-0.15, -0.1) is 0 Å². The van der Waals surface area contributed by atoms with E-state index in [4.69, 9.17) is 5.73 Å². The van der Waals surface area contributed by atoms with Crippen molar-refractivity contribution >= 4 is 0 Å². The average Bonchev–Trinajstić information content (AvgIpc) is 2.96. The Morgan fingerprint density at radius 2 is 1.75 bits per heavy atom. The Hall–Kier alpha value is -1.02. The summed E-state index contributed by atoms with van der Waals surface area (Å²) in [7, 11) is 0. The van der Waals surface area contributed by atoms with Gasteiger partial charge in [0.25, 0.3) is 0 Å². The highest BCUT2D eigenvalue weighted by Gasteiger charge is 2.39. The molecule has 1 aliphatic rings. The summed E-state index contributed by atoms with van der Waals surface area (Å²) in [6, 6.07) is 6.05. The van der Waals surface area contributed by atoms with E-state index in [9.17, 15) is 5.11 Å². The van der Waals surface area contributed by atoms with E-state index in [0.29, 0.717) is 5.75 Å². The molecule has 2 heteroatoms. The third-order valence-corrected chi connectivity index (χ3v) is 4.27. The first-order valence-electron chi connectivity index (χ1n) is 7.62. The van der Waals surface area contributed by atoms with E-state index in [1.807, 2.05) is 6.07 Å². The number of phenolic OH excluding ortho intramolecular Hbond substituents is 1. The molecule has 0 saturated heterocycles. The van der Waals surface area contributed by atoms with Crippen LogP contribution in [0.15, 0.2) is 18.2 Å². The highest BCUT2D eigenvalue weighted by atomic mass is 16.3. The van der Waals surface area contributed by atoms with Crippen LogP contribution in [0.4, 0.5) is 0 Å². The Morgan fingerprint density at radius 1 is 1.15 bits per heavy atom. The Balaban J connectivity index is 2.26. The molecule has 1 saturated carbocycles. The smallest absolute Gasteiger partial charge is 0.118 e. The van der Waals surface area contributed by atoms with Crippen molar-refractivity contribution < 1.29 is 5.11 Å². The third kappa shape index (κ3) is 3.76. The normalized spacial score (nSPS) is 18.1. The van der Waals surface area contributed by atoms with Gasteiger partial charge in [-0.05, 0) is 53.7 Å². The number of benzene rings is 1. The van der Waals surface area contributed by atoms with E-state index in [-0.39, 0.29) is 16.4 Å². The van der Waals surface area contributed by atoms with Gasteiger partial charge < -0.3 is 10.8 Å². The predicted molar refractivity (Wildman–Crippen MR) is 85.1 cm³/mol. The van der Waals surface area contributed by atoms with Crippen molar-refractivity contribution in [1.29, 1.82) is 0 Å². The maximum Gasteiger partial charge on any atom is 0.118 e. The van der Waals surface area contributed by atoms with Crippen LogP contribution < -0.4 is 5.73 Å².